The topological polar surface area (TPSA) is 12.0 Å². The standard InChI is InChI=1S/C12H15BrFNS/c1-7-5-16-6-8-10(14)4-3-9(13)11(8)12(7)15-2/h3-4,7,12,15H,5-6H2,1-2H3. The Kier molecular flexibility index (Phi) is 3.93. The molecule has 0 fully saturated rings. The Morgan fingerprint density at radius 1 is 1.50 bits per heavy atom. The molecule has 1 nitrogen and oxygen atoms in total. The van der Waals surface area contributed by atoms with Crippen molar-refractivity contribution < 1.29 is 4.39 Å². The molecule has 0 saturated heterocycles. The summed E-state index contributed by atoms with van der Waals surface area (Å²) >= 11 is 5.35. The number of benzene rings is 1. The van der Waals surface area contributed by atoms with Crippen LogP contribution in [0, 0.1) is 11.7 Å². The van der Waals surface area contributed by atoms with Gasteiger partial charge in [-0.1, -0.05) is 22.9 Å². The molecule has 2 unspecified atom stereocenters. The summed E-state index contributed by atoms with van der Waals surface area (Å²) < 4.78 is 14.8. The smallest absolute Gasteiger partial charge is 0.127 e. The normalized spacial score (nSPS) is 25.0. The number of thioether (sulfide) groups is 1. The van der Waals surface area contributed by atoms with Crippen LogP contribution in [-0.4, -0.2) is 12.8 Å². The number of nitrogens with one attached hydrogen (secondary N) is 1. The van der Waals surface area contributed by atoms with E-state index < -0.39 is 0 Å². The van der Waals surface area contributed by atoms with Crippen molar-refractivity contribution in [3.63, 3.8) is 0 Å². The van der Waals surface area contributed by atoms with Crippen molar-refractivity contribution >= 4 is 27.7 Å². The van der Waals surface area contributed by atoms with Crippen molar-refractivity contribution in [2.24, 2.45) is 5.92 Å². The van der Waals surface area contributed by atoms with Crippen LogP contribution in [0.25, 0.3) is 0 Å². The van der Waals surface area contributed by atoms with Crippen LogP contribution in [0.5, 0.6) is 0 Å². The van der Waals surface area contributed by atoms with Gasteiger partial charge in [-0.25, -0.2) is 4.39 Å². The van der Waals surface area contributed by atoms with E-state index in [1.807, 2.05) is 18.8 Å². The molecule has 1 aliphatic rings. The largest absolute Gasteiger partial charge is 0.313 e. The Hall–Kier alpha value is -0.0600. The zero-order valence-electron chi connectivity index (χ0n) is 9.39. The van der Waals surface area contributed by atoms with Crippen LogP contribution in [0.4, 0.5) is 4.39 Å². The third-order valence-corrected chi connectivity index (χ3v) is 5.01. The summed E-state index contributed by atoms with van der Waals surface area (Å²) in [4.78, 5) is 0. The maximum absolute atomic E-state index is 13.8. The van der Waals surface area contributed by atoms with E-state index in [-0.39, 0.29) is 11.9 Å². The first-order chi connectivity index (χ1) is 7.65. The van der Waals surface area contributed by atoms with Gasteiger partial charge in [0.15, 0.2) is 0 Å². The molecule has 2 atom stereocenters. The fourth-order valence-electron chi connectivity index (χ4n) is 2.25. The minimum absolute atomic E-state index is 0.0833. The van der Waals surface area contributed by atoms with Crippen LogP contribution in [0.2, 0.25) is 0 Å². The molecule has 2 rings (SSSR count). The first-order valence-electron chi connectivity index (χ1n) is 5.37. The second-order valence-electron chi connectivity index (χ2n) is 4.18. The van der Waals surface area contributed by atoms with Gasteiger partial charge in [0.05, 0.1) is 0 Å². The zero-order chi connectivity index (χ0) is 11.7. The molecular formula is C12H15BrFNS. The Morgan fingerprint density at radius 3 is 2.94 bits per heavy atom. The number of rotatable bonds is 1. The number of hydrogen-bond donors (Lipinski definition) is 1. The molecule has 4 heteroatoms. The van der Waals surface area contributed by atoms with Crippen molar-refractivity contribution in [3.8, 4) is 0 Å². The molecule has 1 aromatic carbocycles. The fraction of sp³-hybridized carbons (Fsp3) is 0.500. The number of halogens is 2. The van der Waals surface area contributed by atoms with Gasteiger partial charge in [-0.05, 0) is 36.4 Å². The zero-order valence-corrected chi connectivity index (χ0v) is 11.8. The Balaban J connectivity index is 2.57. The summed E-state index contributed by atoms with van der Waals surface area (Å²) in [5, 5.41) is 3.31. The number of fused-ring (bicyclic) bond motifs is 1. The molecule has 1 heterocycles. The quantitative estimate of drug-likeness (QED) is 0.848. The van der Waals surface area contributed by atoms with Crippen LogP contribution in [0.1, 0.15) is 24.1 Å². The van der Waals surface area contributed by atoms with Crippen LogP contribution in [0.15, 0.2) is 16.6 Å². The van der Waals surface area contributed by atoms with Gasteiger partial charge in [-0.15, -0.1) is 0 Å². The van der Waals surface area contributed by atoms with E-state index in [4.69, 9.17) is 0 Å². The van der Waals surface area contributed by atoms with Gasteiger partial charge in [0.1, 0.15) is 5.82 Å². The molecule has 0 saturated carbocycles. The first-order valence-corrected chi connectivity index (χ1v) is 7.31. The first kappa shape index (κ1) is 12.4. The third-order valence-electron chi connectivity index (χ3n) is 3.06. The summed E-state index contributed by atoms with van der Waals surface area (Å²) in [5.41, 5.74) is 1.95. The van der Waals surface area contributed by atoms with E-state index in [9.17, 15) is 4.39 Å². The van der Waals surface area contributed by atoms with E-state index in [1.165, 1.54) is 0 Å². The Labute approximate surface area is 108 Å². The number of hydrogen-bond acceptors (Lipinski definition) is 2. The lowest BCUT2D eigenvalue weighted by atomic mass is 9.92. The molecule has 0 aromatic heterocycles. The summed E-state index contributed by atoms with van der Waals surface area (Å²) in [6.07, 6.45) is 0. The van der Waals surface area contributed by atoms with Crippen LogP contribution >= 0.6 is 27.7 Å². The maximum atomic E-state index is 13.8. The molecular weight excluding hydrogens is 289 g/mol. The van der Waals surface area contributed by atoms with E-state index >= 15 is 0 Å². The molecule has 16 heavy (non-hydrogen) atoms. The minimum Gasteiger partial charge on any atom is -0.313 e. The molecule has 0 aliphatic carbocycles. The van der Waals surface area contributed by atoms with Crippen molar-refractivity contribution in [1.29, 1.82) is 0 Å². The van der Waals surface area contributed by atoms with Crippen molar-refractivity contribution in [2.45, 2.75) is 18.7 Å². The lowest BCUT2D eigenvalue weighted by molar-refractivity contribution is 0.446. The summed E-state index contributed by atoms with van der Waals surface area (Å²) in [6, 6.07) is 3.59. The highest BCUT2D eigenvalue weighted by molar-refractivity contribution is 9.10. The highest BCUT2D eigenvalue weighted by atomic mass is 79.9. The minimum atomic E-state index is -0.0833. The summed E-state index contributed by atoms with van der Waals surface area (Å²) in [7, 11) is 1.94. The summed E-state index contributed by atoms with van der Waals surface area (Å²) in [5.74, 6) is 2.25. The average Bonchev–Trinajstić information content (AvgIpc) is 2.43. The van der Waals surface area contributed by atoms with Gasteiger partial charge >= 0.3 is 0 Å². The molecule has 0 spiro atoms. The molecule has 1 aliphatic heterocycles. The second-order valence-corrected chi connectivity index (χ2v) is 6.06. The Bertz CT molecular complexity index is 397. The van der Waals surface area contributed by atoms with Crippen LogP contribution in [0.3, 0.4) is 0 Å². The van der Waals surface area contributed by atoms with Crippen molar-refractivity contribution in [3.05, 3.63) is 33.5 Å². The molecule has 0 bridgehead atoms. The van der Waals surface area contributed by atoms with Gasteiger partial charge in [-0.3, -0.25) is 0 Å². The lowest BCUT2D eigenvalue weighted by Gasteiger charge is -2.24. The van der Waals surface area contributed by atoms with Gasteiger partial charge in [-0.2, -0.15) is 11.8 Å². The van der Waals surface area contributed by atoms with E-state index in [2.05, 4.69) is 28.2 Å². The van der Waals surface area contributed by atoms with Gasteiger partial charge in [0, 0.05) is 21.8 Å². The average molecular weight is 304 g/mol. The molecule has 0 amide bonds. The predicted molar refractivity (Wildman–Crippen MR) is 71.2 cm³/mol. The highest BCUT2D eigenvalue weighted by Crippen LogP contribution is 2.39. The fourth-order valence-corrected chi connectivity index (χ4v) is 4.05. The molecule has 1 N–H and O–H groups in total. The van der Waals surface area contributed by atoms with E-state index in [0.717, 1.165) is 27.1 Å². The summed E-state index contributed by atoms with van der Waals surface area (Å²) in [6.45, 7) is 2.21. The van der Waals surface area contributed by atoms with E-state index in [0.29, 0.717) is 5.92 Å². The molecule has 0 radical (unpaired) electrons. The SMILES string of the molecule is CNC1c2c(Br)ccc(F)c2CSCC1C. The van der Waals surface area contributed by atoms with Crippen molar-refractivity contribution in [2.75, 3.05) is 12.8 Å². The third kappa shape index (κ3) is 2.15. The Morgan fingerprint density at radius 2 is 2.25 bits per heavy atom. The van der Waals surface area contributed by atoms with E-state index in [1.54, 1.807) is 12.1 Å². The van der Waals surface area contributed by atoms with Crippen molar-refractivity contribution in [1.82, 2.24) is 5.32 Å². The van der Waals surface area contributed by atoms with Crippen LogP contribution in [-0.2, 0) is 5.75 Å². The maximum Gasteiger partial charge on any atom is 0.127 e. The molecule has 1 aromatic rings. The highest BCUT2D eigenvalue weighted by Gasteiger charge is 2.27. The van der Waals surface area contributed by atoms with Gasteiger partial charge in [0.25, 0.3) is 0 Å². The van der Waals surface area contributed by atoms with Crippen LogP contribution < -0.4 is 5.32 Å². The van der Waals surface area contributed by atoms with Gasteiger partial charge in [0.2, 0.25) is 0 Å². The van der Waals surface area contributed by atoms with Gasteiger partial charge < -0.3 is 5.32 Å². The lowest BCUT2D eigenvalue weighted by Crippen LogP contribution is -2.25. The monoisotopic (exact) mass is 303 g/mol. The molecule has 88 valence electrons. The predicted octanol–water partition coefficient (Wildman–Crippen LogP) is 3.73. The second kappa shape index (κ2) is 5.07.